The fourth-order valence-electron chi connectivity index (χ4n) is 3.01. The van der Waals surface area contributed by atoms with E-state index < -0.39 is 0 Å². The number of piperidine rings is 1. The molecule has 1 aromatic rings. The first-order valence-corrected chi connectivity index (χ1v) is 8.10. The smallest absolute Gasteiger partial charge is 0.254 e. The Bertz CT molecular complexity index is 444. The first kappa shape index (κ1) is 12.6. The molecular weight excluding hydrogens is 312 g/mol. The molecule has 1 spiro atoms. The first-order chi connectivity index (χ1) is 8.69. The van der Waals surface area contributed by atoms with Crippen molar-refractivity contribution in [1.82, 2.24) is 10.2 Å². The Hall–Kier alpha value is -0.390. The maximum atomic E-state index is 12.3. The Labute approximate surface area is 120 Å². The molecule has 1 amide bonds. The van der Waals surface area contributed by atoms with E-state index in [4.69, 9.17) is 0 Å². The van der Waals surface area contributed by atoms with Gasteiger partial charge in [-0.2, -0.15) is 0 Å². The van der Waals surface area contributed by atoms with Crippen LogP contribution >= 0.6 is 27.3 Å². The van der Waals surface area contributed by atoms with Gasteiger partial charge in [0.25, 0.3) is 5.91 Å². The van der Waals surface area contributed by atoms with E-state index in [1.807, 2.05) is 16.3 Å². The fraction of sp³-hybridized carbons (Fsp3) is 0.615. The van der Waals surface area contributed by atoms with Crippen LogP contribution in [-0.2, 0) is 0 Å². The molecule has 2 saturated heterocycles. The molecule has 3 rings (SSSR count). The second kappa shape index (κ2) is 4.94. The third-order valence-electron chi connectivity index (χ3n) is 4.26. The van der Waals surface area contributed by atoms with Gasteiger partial charge in [-0.3, -0.25) is 4.79 Å². The zero-order chi connectivity index (χ0) is 12.6. The van der Waals surface area contributed by atoms with Crippen LogP contribution in [0.5, 0.6) is 0 Å². The lowest BCUT2D eigenvalue weighted by molar-refractivity contribution is 0.0608. The molecule has 2 aliphatic heterocycles. The number of hydrogen-bond donors (Lipinski definition) is 1. The van der Waals surface area contributed by atoms with Crippen LogP contribution in [0.15, 0.2) is 15.2 Å². The molecule has 0 saturated carbocycles. The van der Waals surface area contributed by atoms with E-state index in [9.17, 15) is 4.79 Å². The summed E-state index contributed by atoms with van der Waals surface area (Å²) < 4.78 is 1.03. The summed E-state index contributed by atoms with van der Waals surface area (Å²) in [6, 6.07) is 1.93. The minimum absolute atomic E-state index is 0.192. The third kappa shape index (κ3) is 2.36. The predicted octanol–water partition coefficient (Wildman–Crippen LogP) is 2.73. The highest BCUT2D eigenvalue weighted by molar-refractivity contribution is 9.11. The summed E-state index contributed by atoms with van der Waals surface area (Å²) in [5, 5.41) is 5.39. The normalized spacial score (nSPS) is 22.6. The minimum atomic E-state index is 0.192. The summed E-state index contributed by atoms with van der Waals surface area (Å²) >= 11 is 4.99. The van der Waals surface area contributed by atoms with E-state index in [-0.39, 0.29) is 5.91 Å². The number of carbonyl (C=O) groups excluding carboxylic acids is 1. The molecule has 0 atom stereocenters. The summed E-state index contributed by atoms with van der Waals surface area (Å²) in [5.74, 6) is 0.192. The molecular formula is C13H17BrN2OS. The number of likely N-dealkylation sites (tertiary alicyclic amines) is 1. The molecule has 2 aliphatic rings. The maximum absolute atomic E-state index is 12.3. The lowest BCUT2D eigenvalue weighted by atomic mass is 9.78. The van der Waals surface area contributed by atoms with Gasteiger partial charge in [0.15, 0.2) is 0 Å². The maximum Gasteiger partial charge on any atom is 0.254 e. The number of nitrogens with one attached hydrogen (secondary N) is 1. The van der Waals surface area contributed by atoms with Gasteiger partial charge in [-0.1, -0.05) is 0 Å². The Morgan fingerprint density at radius 1 is 1.39 bits per heavy atom. The number of carbonyl (C=O) groups is 1. The summed E-state index contributed by atoms with van der Waals surface area (Å²) in [6.45, 7) is 4.10. The van der Waals surface area contributed by atoms with Gasteiger partial charge < -0.3 is 10.2 Å². The molecule has 5 heteroatoms. The van der Waals surface area contributed by atoms with Crippen LogP contribution in [0.3, 0.4) is 0 Å². The number of halogens is 1. The van der Waals surface area contributed by atoms with Crippen molar-refractivity contribution in [2.75, 3.05) is 26.2 Å². The minimum Gasteiger partial charge on any atom is -0.339 e. The highest BCUT2D eigenvalue weighted by Crippen LogP contribution is 2.37. The van der Waals surface area contributed by atoms with Gasteiger partial charge in [0.1, 0.15) is 0 Å². The number of rotatable bonds is 1. The molecule has 2 fully saturated rings. The molecule has 98 valence electrons. The zero-order valence-corrected chi connectivity index (χ0v) is 12.6. The monoisotopic (exact) mass is 328 g/mol. The van der Waals surface area contributed by atoms with E-state index in [0.29, 0.717) is 5.41 Å². The fourth-order valence-corrected chi connectivity index (χ4v) is 4.14. The van der Waals surface area contributed by atoms with E-state index >= 15 is 0 Å². The molecule has 1 N–H and O–H groups in total. The highest BCUT2D eigenvalue weighted by Gasteiger charge is 2.38. The first-order valence-electron chi connectivity index (χ1n) is 6.43. The molecule has 0 unspecified atom stereocenters. The standard InChI is InChI=1S/C13H17BrN2OS/c14-11-7-10(8-18-11)12(17)16-5-2-13(3-6-16)1-4-15-9-13/h7-8,15H,1-6,9H2. The lowest BCUT2D eigenvalue weighted by Crippen LogP contribution is -2.43. The van der Waals surface area contributed by atoms with Crippen LogP contribution < -0.4 is 5.32 Å². The molecule has 0 radical (unpaired) electrons. The second-order valence-corrected chi connectivity index (χ2v) is 7.65. The summed E-state index contributed by atoms with van der Waals surface area (Å²) in [7, 11) is 0. The average Bonchev–Trinajstić information content (AvgIpc) is 3.00. The van der Waals surface area contributed by atoms with Gasteiger partial charge in [0.2, 0.25) is 0 Å². The Balaban J connectivity index is 1.64. The van der Waals surface area contributed by atoms with Crippen LogP contribution in [0.1, 0.15) is 29.6 Å². The molecule has 0 aliphatic carbocycles. The van der Waals surface area contributed by atoms with Crippen molar-refractivity contribution < 1.29 is 4.79 Å². The molecule has 18 heavy (non-hydrogen) atoms. The number of thiophene rings is 1. The quantitative estimate of drug-likeness (QED) is 0.859. The van der Waals surface area contributed by atoms with E-state index in [0.717, 1.165) is 48.4 Å². The highest BCUT2D eigenvalue weighted by atomic mass is 79.9. The van der Waals surface area contributed by atoms with Crippen molar-refractivity contribution in [3.8, 4) is 0 Å². The van der Waals surface area contributed by atoms with E-state index in [1.54, 1.807) is 11.3 Å². The Morgan fingerprint density at radius 3 is 2.72 bits per heavy atom. The summed E-state index contributed by atoms with van der Waals surface area (Å²) in [5.41, 5.74) is 1.30. The van der Waals surface area contributed by atoms with Gasteiger partial charge in [-0.15, -0.1) is 11.3 Å². The van der Waals surface area contributed by atoms with Crippen LogP contribution in [0, 0.1) is 5.41 Å². The molecule has 3 heterocycles. The van der Waals surface area contributed by atoms with Crippen LogP contribution in [0.2, 0.25) is 0 Å². The topological polar surface area (TPSA) is 32.3 Å². The molecule has 3 nitrogen and oxygen atoms in total. The van der Waals surface area contributed by atoms with Gasteiger partial charge in [-0.25, -0.2) is 0 Å². The SMILES string of the molecule is O=C(c1csc(Br)c1)N1CCC2(CCNC2)CC1. The zero-order valence-electron chi connectivity index (χ0n) is 10.2. The Kier molecular flexibility index (Phi) is 3.47. The van der Waals surface area contributed by atoms with Crippen molar-refractivity contribution in [3.05, 3.63) is 20.8 Å². The van der Waals surface area contributed by atoms with Crippen molar-refractivity contribution in [2.24, 2.45) is 5.41 Å². The third-order valence-corrected chi connectivity index (χ3v) is 5.76. The van der Waals surface area contributed by atoms with Gasteiger partial charge in [0.05, 0.1) is 9.35 Å². The second-order valence-electron chi connectivity index (χ2n) is 5.36. The summed E-state index contributed by atoms with van der Waals surface area (Å²) in [4.78, 5) is 14.3. The van der Waals surface area contributed by atoms with Crippen molar-refractivity contribution in [1.29, 1.82) is 0 Å². The number of nitrogens with zero attached hydrogens (tertiary/aromatic N) is 1. The van der Waals surface area contributed by atoms with Gasteiger partial charge in [0, 0.05) is 25.0 Å². The van der Waals surface area contributed by atoms with Crippen LogP contribution in [0.4, 0.5) is 0 Å². The van der Waals surface area contributed by atoms with Crippen molar-refractivity contribution in [3.63, 3.8) is 0 Å². The van der Waals surface area contributed by atoms with E-state index in [1.165, 1.54) is 6.42 Å². The van der Waals surface area contributed by atoms with Gasteiger partial charge in [-0.05, 0) is 53.2 Å². The number of amides is 1. The largest absolute Gasteiger partial charge is 0.339 e. The number of hydrogen-bond acceptors (Lipinski definition) is 3. The van der Waals surface area contributed by atoms with Crippen LogP contribution in [0.25, 0.3) is 0 Å². The van der Waals surface area contributed by atoms with Crippen molar-refractivity contribution in [2.45, 2.75) is 19.3 Å². The molecule has 0 bridgehead atoms. The summed E-state index contributed by atoms with van der Waals surface area (Å²) in [6.07, 6.45) is 3.58. The Morgan fingerprint density at radius 2 is 2.17 bits per heavy atom. The predicted molar refractivity (Wildman–Crippen MR) is 77.1 cm³/mol. The average molecular weight is 329 g/mol. The van der Waals surface area contributed by atoms with Crippen LogP contribution in [-0.4, -0.2) is 37.0 Å². The van der Waals surface area contributed by atoms with Crippen molar-refractivity contribution >= 4 is 33.2 Å². The van der Waals surface area contributed by atoms with Gasteiger partial charge >= 0.3 is 0 Å². The molecule has 1 aromatic heterocycles. The van der Waals surface area contributed by atoms with E-state index in [2.05, 4.69) is 21.2 Å². The lowest BCUT2D eigenvalue weighted by Gasteiger charge is -2.38. The molecule has 0 aromatic carbocycles.